The molecular formula is C14H16F3N3O3. The molecule has 3 N–H and O–H groups in total. The number of primary amides is 1. The van der Waals surface area contributed by atoms with Gasteiger partial charge in [-0.15, -0.1) is 13.2 Å². The monoisotopic (exact) mass is 331 g/mol. The minimum Gasteiger partial charge on any atom is -0.406 e. The largest absolute Gasteiger partial charge is 0.573 e. The second kappa shape index (κ2) is 6.86. The summed E-state index contributed by atoms with van der Waals surface area (Å²) in [5.41, 5.74) is 5.60. The number of anilines is 1. The molecule has 1 aromatic rings. The molecule has 1 saturated heterocycles. The Morgan fingerprint density at radius 3 is 2.52 bits per heavy atom. The molecule has 0 unspecified atom stereocenters. The number of nitrogens with one attached hydrogen (secondary N) is 1. The van der Waals surface area contributed by atoms with Gasteiger partial charge in [0, 0.05) is 5.69 Å². The quantitative estimate of drug-likeness (QED) is 0.856. The van der Waals surface area contributed by atoms with E-state index in [9.17, 15) is 22.8 Å². The predicted molar refractivity (Wildman–Crippen MR) is 75.5 cm³/mol. The lowest BCUT2D eigenvalue weighted by molar-refractivity contribution is -0.274. The standard InChI is InChI=1S/C14H16F3N3O3/c15-14(16,17)23-10-5-3-9(4-6-10)19-12(21)8-20-7-1-2-11(20)13(18)22/h3-6,11H,1-2,7-8H2,(H2,18,22)(H,19,21)/t11-/m0/s1. The summed E-state index contributed by atoms with van der Waals surface area (Å²) in [5.74, 6) is -1.21. The van der Waals surface area contributed by atoms with Gasteiger partial charge in [-0.05, 0) is 43.7 Å². The summed E-state index contributed by atoms with van der Waals surface area (Å²) in [5, 5.41) is 2.55. The maximum atomic E-state index is 12.0. The van der Waals surface area contributed by atoms with E-state index in [1.807, 2.05) is 0 Å². The van der Waals surface area contributed by atoms with E-state index in [1.165, 1.54) is 12.1 Å². The van der Waals surface area contributed by atoms with Gasteiger partial charge < -0.3 is 15.8 Å². The topological polar surface area (TPSA) is 84.7 Å². The number of ether oxygens (including phenoxy) is 1. The molecule has 9 heteroatoms. The van der Waals surface area contributed by atoms with Crippen molar-refractivity contribution in [1.82, 2.24) is 4.90 Å². The Labute approximate surface area is 130 Å². The summed E-state index contributed by atoms with van der Waals surface area (Å²) in [4.78, 5) is 24.9. The molecule has 2 amide bonds. The fourth-order valence-electron chi connectivity index (χ4n) is 2.46. The van der Waals surface area contributed by atoms with Crippen molar-refractivity contribution in [3.8, 4) is 5.75 Å². The molecule has 0 radical (unpaired) electrons. The highest BCUT2D eigenvalue weighted by atomic mass is 19.4. The van der Waals surface area contributed by atoms with Gasteiger partial charge in [0.2, 0.25) is 11.8 Å². The molecule has 23 heavy (non-hydrogen) atoms. The third-order valence-electron chi connectivity index (χ3n) is 3.41. The third kappa shape index (κ3) is 5.13. The maximum absolute atomic E-state index is 12.0. The minimum atomic E-state index is -4.76. The number of amides is 2. The average Bonchev–Trinajstić information content (AvgIpc) is 2.87. The first-order valence-electron chi connectivity index (χ1n) is 6.93. The maximum Gasteiger partial charge on any atom is 0.573 e. The van der Waals surface area contributed by atoms with Crippen LogP contribution in [-0.2, 0) is 9.59 Å². The number of likely N-dealkylation sites (tertiary alicyclic amines) is 1. The van der Waals surface area contributed by atoms with Crippen LogP contribution in [0.15, 0.2) is 24.3 Å². The highest BCUT2D eigenvalue weighted by Crippen LogP contribution is 2.24. The first kappa shape index (κ1) is 17.1. The number of alkyl halides is 3. The van der Waals surface area contributed by atoms with E-state index in [4.69, 9.17) is 5.73 Å². The lowest BCUT2D eigenvalue weighted by atomic mass is 10.2. The van der Waals surface area contributed by atoms with Crippen molar-refractivity contribution in [1.29, 1.82) is 0 Å². The summed E-state index contributed by atoms with van der Waals surface area (Å²) in [6.45, 7) is 0.591. The minimum absolute atomic E-state index is 0.00555. The number of carbonyl (C=O) groups is 2. The zero-order valence-corrected chi connectivity index (χ0v) is 12.1. The molecule has 1 aliphatic rings. The molecule has 1 fully saturated rings. The molecule has 6 nitrogen and oxygen atoms in total. The number of benzene rings is 1. The van der Waals surface area contributed by atoms with Gasteiger partial charge in [0.25, 0.3) is 0 Å². The summed E-state index contributed by atoms with van der Waals surface area (Å²) in [6.07, 6.45) is -3.36. The predicted octanol–water partition coefficient (Wildman–Crippen LogP) is 1.47. The summed E-state index contributed by atoms with van der Waals surface area (Å²) >= 11 is 0. The van der Waals surface area contributed by atoms with Crippen molar-refractivity contribution in [3.63, 3.8) is 0 Å². The van der Waals surface area contributed by atoms with Gasteiger partial charge in [0.1, 0.15) is 5.75 Å². The van der Waals surface area contributed by atoms with Gasteiger partial charge in [0.05, 0.1) is 12.6 Å². The van der Waals surface area contributed by atoms with Gasteiger partial charge in [-0.2, -0.15) is 0 Å². The summed E-state index contributed by atoms with van der Waals surface area (Å²) in [7, 11) is 0. The van der Waals surface area contributed by atoms with Crippen LogP contribution in [0.4, 0.5) is 18.9 Å². The van der Waals surface area contributed by atoms with E-state index < -0.39 is 18.3 Å². The van der Waals surface area contributed by atoms with Crippen LogP contribution in [0.25, 0.3) is 0 Å². The van der Waals surface area contributed by atoms with E-state index >= 15 is 0 Å². The van der Waals surface area contributed by atoms with Crippen molar-refractivity contribution in [2.75, 3.05) is 18.4 Å². The second-order valence-electron chi connectivity index (χ2n) is 5.15. The van der Waals surface area contributed by atoms with E-state index in [2.05, 4.69) is 10.1 Å². The molecule has 0 aliphatic carbocycles. The van der Waals surface area contributed by atoms with Crippen LogP contribution >= 0.6 is 0 Å². The van der Waals surface area contributed by atoms with Crippen molar-refractivity contribution in [3.05, 3.63) is 24.3 Å². The normalized spacial score (nSPS) is 18.7. The molecule has 1 heterocycles. The number of carbonyl (C=O) groups excluding carboxylic acids is 2. The number of nitrogens with zero attached hydrogens (tertiary/aromatic N) is 1. The summed E-state index contributed by atoms with van der Waals surface area (Å²) < 4.78 is 39.9. The highest BCUT2D eigenvalue weighted by Gasteiger charge is 2.31. The van der Waals surface area contributed by atoms with E-state index in [-0.39, 0.29) is 18.2 Å². The Morgan fingerprint density at radius 2 is 1.96 bits per heavy atom. The van der Waals surface area contributed by atoms with Crippen molar-refractivity contribution < 1.29 is 27.5 Å². The Bertz CT molecular complexity index is 575. The molecule has 0 spiro atoms. The Hall–Kier alpha value is -2.29. The van der Waals surface area contributed by atoms with Gasteiger partial charge in [-0.1, -0.05) is 0 Å². The molecule has 0 saturated carbocycles. The van der Waals surface area contributed by atoms with Crippen molar-refractivity contribution >= 4 is 17.5 Å². The molecule has 0 bridgehead atoms. The van der Waals surface area contributed by atoms with Gasteiger partial charge >= 0.3 is 6.36 Å². The number of nitrogens with two attached hydrogens (primary N) is 1. The van der Waals surface area contributed by atoms with Crippen LogP contribution in [-0.4, -0.2) is 42.2 Å². The lowest BCUT2D eigenvalue weighted by Crippen LogP contribution is -2.43. The summed E-state index contributed by atoms with van der Waals surface area (Å²) in [6, 6.07) is 4.35. The third-order valence-corrected chi connectivity index (χ3v) is 3.41. The molecule has 0 aromatic heterocycles. The fourth-order valence-corrected chi connectivity index (χ4v) is 2.46. The zero-order valence-electron chi connectivity index (χ0n) is 12.1. The van der Waals surface area contributed by atoms with Crippen LogP contribution in [0.3, 0.4) is 0 Å². The van der Waals surface area contributed by atoms with Crippen molar-refractivity contribution in [2.24, 2.45) is 5.73 Å². The molecule has 1 atom stereocenters. The van der Waals surface area contributed by atoms with Gasteiger partial charge in [-0.3, -0.25) is 14.5 Å². The number of halogens is 3. The Balaban J connectivity index is 1.89. The van der Waals surface area contributed by atoms with Crippen LogP contribution in [0, 0.1) is 0 Å². The second-order valence-corrected chi connectivity index (χ2v) is 5.15. The first-order chi connectivity index (χ1) is 10.7. The van der Waals surface area contributed by atoms with Gasteiger partial charge in [0.15, 0.2) is 0 Å². The molecule has 1 aliphatic heterocycles. The fraction of sp³-hybridized carbons (Fsp3) is 0.429. The Morgan fingerprint density at radius 1 is 1.30 bits per heavy atom. The first-order valence-corrected chi connectivity index (χ1v) is 6.93. The van der Waals surface area contributed by atoms with Crippen LogP contribution in [0.5, 0.6) is 5.75 Å². The number of hydrogen-bond acceptors (Lipinski definition) is 4. The van der Waals surface area contributed by atoms with Crippen LogP contribution in [0.2, 0.25) is 0 Å². The Kier molecular flexibility index (Phi) is 5.09. The van der Waals surface area contributed by atoms with Crippen LogP contribution < -0.4 is 15.8 Å². The van der Waals surface area contributed by atoms with E-state index in [0.717, 1.165) is 18.6 Å². The number of hydrogen-bond donors (Lipinski definition) is 2. The molecule has 126 valence electrons. The molecule has 1 aromatic carbocycles. The molecular weight excluding hydrogens is 315 g/mol. The van der Waals surface area contributed by atoms with Crippen LogP contribution in [0.1, 0.15) is 12.8 Å². The van der Waals surface area contributed by atoms with E-state index in [1.54, 1.807) is 4.90 Å². The van der Waals surface area contributed by atoms with Gasteiger partial charge in [-0.25, -0.2) is 0 Å². The zero-order chi connectivity index (χ0) is 17.0. The SMILES string of the molecule is NC(=O)[C@@H]1CCCN1CC(=O)Nc1ccc(OC(F)(F)F)cc1. The molecule has 2 rings (SSSR count). The van der Waals surface area contributed by atoms with E-state index in [0.29, 0.717) is 18.7 Å². The smallest absolute Gasteiger partial charge is 0.406 e. The van der Waals surface area contributed by atoms with Crippen molar-refractivity contribution in [2.45, 2.75) is 25.2 Å². The lowest BCUT2D eigenvalue weighted by Gasteiger charge is -2.21. The average molecular weight is 331 g/mol. The highest BCUT2D eigenvalue weighted by molar-refractivity contribution is 5.93. The number of rotatable bonds is 5.